The number of benzene rings is 1. The summed E-state index contributed by atoms with van der Waals surface area (Å²) in [6, 6.07) is 8.15. The first-order chi connectivity index (χ1) is 7.15. The minimum Gasteiger partial charge on any atom is -0.359 e. The van der Waals surface area contributed by atoms with Gasteiger partial charge in [0.2, 0.25) is 0 Å². The highest BCUT2D eigenvalue weighted by Gasteiger charge is 2.05. The van der Waals surface area contributed by atoms with Crippen LogP contribution < -0.4 is 0 Å². The lowest BCUT2D eigenvalue weighted by atomic mass is 10.1. The average Bonchev–Trinajstić information content (AvgIpc) is 2.26. The Bertz CT molecular complexity index is 320. The van der Waals surface area contributed by atoms with Crippen LogP contribution in [0.15, 0.2) is 30.8 Å². The fourth-order valence-corrected chi connectivity index (χ4v) is 1.22. The molecule has 0 N–H and O–H groups in total. The van der Waals surface area contributed by atoms with Crippen molar-refractivity contribution >= 4 is 6.08 Å². The van der Waals surface area contributed by atoms with Crippen LogP contribution in [-0.4, -0.2) is 25.2 Å². The molecule has 1 rings (SSSR count). The Labute approximate surface area is 92.2 Å². The van der Waals surface area contributed by atoms with E-state index in [1.54, 1.807) is 0 Å². The van der Waals surface area contributed by atoms with Gasteiger partial charge in [-0.15, -0.1) is 0 Å². The molecule has 2 nitrogen and oxygen atoms in total. The van der Waals surface area contributed by atoms with Crippen molar-refractivity contribution in [3.8, 4) is 0 Å². The highest BCUT2D eigenvalue weighted by Crippen LogP contribution is 2.12. The van der Waals surface area contributed by atoms with Gasteiger partial charge in [-0.05, 0) is 32.1 Å². The predicted molar refractivity (Wildman–Crippen MR) is 64.5 cm³/mol. The third-order valence-electron chi connectivity index (χ3n) is 2.48. The topological polar surface area (TPSA) is 12.5 Å². The molecule has 0 aliphatic carbocycles. The van der Waals surface area contributed by atoms with E-state index in [1.807, 2.05) is 50.2 Å². The second kappa shape index (κ2) is 5.69. The van der Waals surface area contributed by atoms with Gasteiger partial charge >= 0.3 is 0 Å². The van der Waals surface area contributed by atoms with E-state index in [2.05, 4.69) is 12.6 Å². The molecule has 0 aliphatic rings. The van der Waals surface area contributed by atoms with Crippen LogP contribution in [0, 0.1) is 0 Å². The van der Waals surface area contributed by atoms with Crippen LogP contribution in [0.2, 0.25) is 0 Å². The summed E-state index contributed by atoms with van der Waals surface area (Å²) in [5.41, 5.74) is 2.32. The van der Waals surface area contributed by atoms with Crippen LogP contribution >= 0.6 is 0 Å². The summed E-state index contributed by atoms with van der Waals surface area (Å²) in [7, 11) is 4.01. The van der Waals surface area contributed by atoms with Gasteiger partial charge in [-0.3, -0.25) is 4.90 Å². The van der Waals surface area contributed by atoms with E-state index in [9.17, 15) is 0 Å². The highest BCUT2D eigenvalue weighted by molar-refractivity contribution is 5.51. The normalized spacial score (nSPS) is 12.8. The molecule has 0 amide bonds. The van der Waals surface area contributed by atoms with Crippen molar-refractivity contribution in [2.24, 2.45) is 0 Å². The number of hydrogen-bond donors (Lipinski definition) is 0. The Kier molecular flexibility index (Phi) is 4.53. The molecular weight excluding hydrogens is 186 g/mol. The van der Waals surface area contributed by atoms with Crippen molar-refractivity contribution in [1.29, 1.82) is 0 Å². The summed E-state index contributed by atoms with van der Waals surface area (Å²) in [4.78, 5) is 2.04. The number of ether oxygens (including phenoxy) is 1. The maximum atomic E-state index is 5.71. The lowest BCUT2D eigenvalue weighted by molar-refractivity contribution is -0.0329. The van der Waals surface area contributed by atoms with E-state index < -0.39 is 0 Å². The zero-order chi connectivity index (χ0) is 11.3. The molecule has 0 aromatic heterocycles. The van der Waals surface area contributed by atoms with Crippen LogP contribution in [0.5, 0.6) is 0 Å². The minimum atomic E-state index is 0.128. The Hall–Kier alpha value is -1.12. The van der Waals surface area contributed by atoms with Gasteiger partial charge < -0.3 is 4.74 Å². The van der Waals surface area contributed by atoms with Gasteiger partial charge in [0.1, 0.15) is 6.23 Å². The Morgan fingerprint density at radius 3 is 2.67 bits per heavy atom. The van der Waals surface area contributed by atoms with Gasteiger partial charge in [0.15, 0.2) is 0 Å². The van der Waals surface area contributed by atoms with E-state index in [4.69, 9.17) is 4.74 Å². The second-order valence-corrected chi connectivity index (χ2v) is 3.78. The molecule has 0 aliphatic heterocycles. The maximum Gasteiger partial charge on any atom is 0.107 e. The molecular formula is C13H19NO. The average molecular weight is 205 g/mol. The zero-order valence-corrected chi connectivity index (χ0v) is 9.73. The lowest BCUT2D eigenvalue weighted by Crippen LogP contribution is -2.27. The predicted octanol–water partition coefficient (Wildman–Crippen LogP) is 2.75. The summed E-state index contributed by atoms with van der Waals surface area (Å²) in [5.74, 6) is 0. The molecule has 0 fully saturated rings. The molecule has 2 heteroatoms. The quantitative estimate of drug-likeness (QED) is 0.685. The van der Waals surface area contributed by atoms with Crippen LogP contribution in [-0.2, 0) is 11.3 Å². The molecule has 0 bridgehead atoms. The largest absolute Gasteiger partial charge is 0.359 e. The number of hydrogen-bond acceptors (Lipinski definition) is 2. The molecule has 0 saturated carbocycles. The van der Waals surface area contributed by atoms with Gasteiger partial charge in [0.05, 0.1) is 6.61 Å². The molecule has 1 aromatic rings. The summed E-state index contributed by atoms with van der Waals surface area (Å²) in [6.07, 6.45) is 1.99. The first-order valence-corrected chi connectivity index (χ1v) is 5.13. The molecule has 0 saturated heterocycles. The summed E-state index contributed by atoms with van der Waals surface area (Å²) in [6.45, 7) is 6.45. The molecule has 1 unspecified atom stereocenters. The third kappa shape index (κ3) is 3.50. The minimum absolute atomic E-state index is 0.128. The molecule has 82 valence electrons. The van der Waals surface area contributed by atoms with Gasteiger partial charge in [-0.1, -0.05) is 36.9 Å². The molecule has 15 heavy (non-hydrogen) atoms. The SMILES string of the molecule is C=Cc1ccccc1COC(C)N(C)C. The van der Waals surface area contributed by atoms with Gasteiger partial charge in [-0.2, -0.15) is 0 Å². The zero-order valence-electron chi connectivity index (χ0n) is 9.73. The van der Waals surface area contributed by atoms with Crippen LogP contribution in [0.25, 0.3) is 6.08 Å². The summed E-state index contributed by atoms with van der Waals surface area (Å²) >= 11 is 0. The second-order valence-electron chi connectivity index (χ2n) is 3.78. The van der Waals surface area contributed by atoms with Crippen molar-refractivity contribution in [1.82, 2.24) is 4.90 Å². The molecule has 0 spiro atoms. The number of rotatable bonds is 5. The van der Waals surface area contributed by atoms with Crippen LogP contribution in [0.4, 0.5) is 0 Å². The van der Waals surface area contributed by atoms with E-state index in [1.165, 1.54) is 5.56 Å². The van der Waals surface area contributed by atoms with Crippen molar-refractivity contribution < 1.29 is 4.74 Å². The Morgan fingerprint density at radius 1 is 1.40 bits per heavy atom. The van der Waals surface area contributed by atoms with Gasteiger partial charge in [0, 0.05) is 0 Å². The van der Waals surface area contributed by atoms with Crippen molar-refractivity contribution in [3.63, 3.8) is 0 Å². The summed E-state index contributed by atoms with van der Waals surface area (Å²) < 4.78 is 5.71. The van der Waals surface area contributed by atoms with Crippen molar-refractivity contribution in [2.45, 2.75) is 19.8 Å². The smallest absolute Gasteiger partial charge is 0.107 e. The first-order valence-electron chi connectivity index (χ1n) is 5.13. The summed E-state index contributed by atoms with van der Waals surface area (Å²) in [5, 5.41) is 0. The van der Waals surface area contributed by atoms with Crippen LogP contribution in [0.1, 0.15) is 18.1 Å². The highest BCUT2D eigenvalue weighted by atomic mass is 16.5. The van der Waals surface area contributed by atoms with Gasteiger partial charge in [0.25, 0.3) is 0 Å². The lowest BCUT2D eigenvalue weighted by Gasteiger charge is -2.20. The van der Waals surface area contributed by atoms with Crippen LogP contribution in [0.3, 0.4) is 0 Å². The van der Waals surface area contributed by atoms with Gasteiger partial charge in [-0.25, -0.2) is 0 Å². The third-order valence-corrected chi connectivity index (χ3v) is 2.48. The Morgan fingerprint density at radius 2 is 2.07 bits per heavy atom. The first kappa shape index (κ1) is 12.0. The van der Waals surface area contributed by atoms with E-state index in [-0.39, 0.29) is 6.23 Å². The molecule has 0 radical (unpaired) electrons. The molecule has 0 heterocycles. The van der Waals surface area contributed by atoms with Crippen molar-refractivity contribution in [3.05, 3.63) is 42.0 Å². The molecule has 1 atom stereocenters. The van der Waals surface area contributed by atoms with E-state index in [0.29, 0.717) is 6.61 Å². The standard InChI is InChI=1S/C13H19NO/c1-5-12-8-6-7-9-13(12)10-15-11(2)14(3)4/h5-9,11H,1,10H2,2-4H3. The van der Waals surface area contributed by atoms with Crippen molar-refractivity contribution in [2.75, 3.05) is 14.1 Å². The number of nitrogens with zero attached hydrogens (tertiary/aromatic N) is 1. The fraction of sp³-hybridized carbons (Fsp3) is 0.385. The molecule has 1 aromatic carbocycles. The Balaban J connectivity index is 2.61. The van der Waals surface area contributed by atoms with E-state index in [0.717, 1.165) is 5.56 Å². The monoisotopic (exact) mass is 205 g/mol. The van der Waals surface area contributed by atoms with E-state index >= 15 is 0 Å². The fourth-order valence-electron chi connectivity index (χ4n) is 1.22. The maximum absolute atomic E-state index is 5.71.